The summed E-state index contributed by atoms with van der Waals surface area (Å²) < 4.78 is 10.9. The summed E-state index contributed by atoms with van der Waals surface area (Å²) in [6.07, 6.45) is 5.63. The van der Waals surface area contributed by atoms with Gasteiger partial charge in [0, 0.05) is 12.6 Å². The lowest BCUT2D eigenvalue weighted by Crippen LogP contribution is -2.44. The highest BCUT2D eigenvalue weighted by Crippen LogP contribution is 2.22. The molecule has 6 heteroatoms. The minimum absolute atomic E-state index is 0.0260. The van der Waals surface area contributed by atoms with Crippen molar-refractivity contribution in [1.82, 2.24) is 15.2 Å². The molecule has 3 rings (SSSR count). The van der Waals surface area contributed by atoms with Crippen LogP contribution in [-0.2, 0) is 11.2 Å². The Labute approximate surface area is 142 Å². The molecule has 0 unspecified atom stereocenters. The van der Waals surface area contributed by atoms with Crippen molar-refractivity contribution in [2.45, 2.75) is 45.6 Å². The highest BCUT2D eigenvalue weighted by molar-refractivity contribution is 5.78. The molecule has 0 radical (unpaired) electrons. The Balaban J connectivity index is 1.53. The first-order valence-electron chi connectivity index (χ1n) is 8.63. The molecule has 0 saturated carbocycles. The number of oxazole rings is 1. The van der Waals surface area contributed by atoms with Gasteiger partial charge in [-0.2, -0.15) is 0 Å². The number of rotatable bonds is 6. The van der Waals surface area contributed by atoms with Crippen molar-refractivity contribution in [3.63, 3.8) is 0 Å². The van der Waals surface area contributed by atoms with Crippen LogP contribution in [0.5, 0.6) is 0 Å². The van der Waals surface area contributed by atoms with E-state index >= 15 is 0 Å². The fraction of sp³-hybridized carbons (Fsp3) is 0.556. The summed E-state index contributed by atoms with van der Waals surface area (Å²) in [6.45, 7) is 7.04. The third-order valence-corrected chi connectivity index (χ3v) is 4.34. The molecule has 2 aromatic rings. The molecule has 2 aromatic heterocycles. The fourth-order valence-electron chi connectivity index (χ4n) is 3.15. The third kappa shape index (κ3) is 4.26. The molecular weight excluding hydrogens is 306 g/mol. The van der Waals surface area contributed by atoms with E-state index < -0.39 is 0 Å². The smallest absolute Gasteiger partial charge is 0.263 e. The largest absolute Gasteiger partial charge is 0.459 e. The van der Waals surface area contributed by atoms with Gasteiger partial charge < -0.3 is 19.1 Å². The van der Waals surface area contributed by atoms with Gasteiger partial charge in [0.05, 0.1) is 18.4 Å². The molecule has 1 saturated heterocycles. The summed E-state index contributed by atoms with van der Waals surface area (Å²) >= 11 is 0. The van der Waals surface area contributed by atoms with Crippen molar-refractivity contribution < 1.29 is 13.6 Å². The Morgan fingerprint density at radius 3 is 2.88 bits per heavy atom. The zero-order valence-electron chi connectivity index (χ0n) is 14.4. The zero-order chi connectivity index (χ0) is 16.9. The third-order valence-electron chi connectivity index (χ3n) is 4.34. The molecule has 1 aliphatic rings. The van der Waals surface area contributed by atoms with Crippen molar-refractivity contribution in [3.8, 4) is 11.7 Å². The lowest BCUT2D eigenvalue weighted by Gasteiger charge is -2.29. The van der Waals surface area contributed by atoms with Gasteiger partial charge in [-0.25, -0.2) is 4.98 Å². The topological polar surface area (TPSA) is 71.5 Å². The molecule has 1 N–H and O–H groups in total. The lowest BCUT2D eigenvalue weighted by atomic mass is 10.1. The maximum atomic E-state index is 12.3. The number of nitrogens with one attached hydrogen (secondary N) is 1. The van der Waals surface area contributed by atoms with Gasteiger partial charge in [0.25, 0.3) is 5.89 Å². The number of nitrogens with zero attached hydrogens (tertiary/aromatic N) is 2. The van der Waals surface area contributed by atoms with Gasteiger partial charge in [0.2, 0.25) is 5.91 Å². The van der Waals surface area contributed by atoms with Crippen LogP contribution >= 0.6 is 0 Å². The van der Waals surface area contributed by atoms with Crippen LogP contribution in [0.3, 0.4) is 0 Å². The first-order valence-corrected chi connectivity index (χ1v) is 8.63. The molecule has 1 atom stereocenters. The van der Waals surface area contributed by atoms with Gasteiger partial charge in [0.15, 0.2) is 5.76 Å². The summed E-state index contributed by atoms with van der Waals surface area (Å²) in [4.78, 5) is 19.1. The predicted molar refractivity (Wildman–Crippen MR) is 90.5 cm³/mol. The Kier molecular flexibility index (Phi) is 5.35. The number of carbonyl (C=O) groups is 1. The number of likely N-dealkylation sites (tertiary alicyclic amines) is 1. The van der Waals surface area contributed by atoms with E-state index in [-0.39, 0.29) is 18.4 Å². The summed E-state index contributed by atoms with van der Waals surface area (Å²) in [6, 6.07) is 3.70. The van der Waals surface area contributed by atoms with Crippen molar-refractivity contribution in [3.05, 3.63) is 29.9 Å². The van der Waals surface area contributed by atoms with Crippen LogP contribution in [0.25, 0.3) is 11.7 Å². The SMILES string of the molecule is Cc1oc(-c2ccco2)nc1CC(=O)N[C@@H](C)CN1CCCCC1. The monoisotopic (exact) mass is 331 g/mol. The fourth-order valence-corrected chi connectivity index (χ4v) is 3.15. The molecule has 0 bridgehead atoms. The average molecular weight is 331 g/mol. The molecule has 1 amide bonds. The highest BCUT2D eigenvalue weighted by Gasteiger charge is 2.18. The van der Waals surface area contributed by atoms with E-state index in [2.05, 4.69) is 22.1 Å². The molecule has 1 aliphatic heterocycles. The number of hydrogen-bond donors (Lipinski definition) is 1. The second-order valence-corrected chi connectivity index (χ2v) is 6.51. The van der Waals surface area contributed by atoms with Gasteiger partial charge in [-0.1, -0.05) is 6.42 Å². The molecule has 3 heterocycles. The normalized spacial score (nSPS) is 16.9. The second kappa shape index (κ2) is 7.66. The Morgan fingerprint density at radius 1 is 1.38 bits per heavy atom. The zero-order valence-corrected chi connectivity index (χ0v) is 14.4. The maximum Gasteiger partial charge on any atom is 0.263 e. The highest BCUT2D eigenvalue weighted by atomic mass is 16.4. The molecule has 130 valence electrons. The molecule has 6 nitrogen and oxygen atoms in total. The molecule has 0 aliphatic carbocycles. The van der Waals surface area contributed by atoms with Crippen molar-refractivity contribution in [2.75, 3.05) is 19.6 Å². The summed E-state index contributed by atoms with van der Waals surface area (Å²) in [7, 11) is 0. The lowest BCUT2D eigenvalue weighted by molar-refractivity contribution is -0.121. The Morgan fingerprint density at radius 2 is 2.17 bits per heavy atom. The minimum Gasteiger partial charge on any atom is -0.459 e. The molecule has 24 heavy (non-hydrogen) atoms. The van der Waals surface area contributed by atoms with Gasteiger partial charge in [-0.15, -0.1) is 0 Å². The summed E-state index contributed by atoms with van der Waals surface area (Å²) in [5, 5.41) is 3.06. The number of hydrogen-bond acceptors (Lipinski definition) is 5. The van der Waals surface area contributed by atoms with E-state index in [1.54, 1.807) is 18.4 Å². The molecule has 1 fully saturated rings. The van der Waals surface area contributed by atoms with Crippen LogP contribution in [0.15, 0.2) is 27.2 Å². The number of piperidine rings is 1. The van der Waals surface area contributed by atoms with E-state index in [1.807, 2.05) is 6.92 Å². The van der Waals surface area contributed by atoms with Crippen LogP contribution < -0.4 is 5.32 Å². The van der Waals surface area contributed by atoms with Crippen LogP contribution in [0.2, 0.25) is 0 Å². The molecule has 0 aromatic carbocycles. The number of amides is 1. The first kappa shape index (κ1) is 16.8. The average Bonchev–Trinajstić information content (AvgIpc) is 3.18. The molecular formula is C18H25N3O3. The number of carbonyl (C=O) groups excluding carboxylic acids is 1. The van der Waals surface area contributed by atoms with E-state index in [0.29, 0.717) is 23.1 Å². The van der Waals surface area contributed by atoms with Gasteiger partial charge in [-0.3, -0.25) is 4.79 Å². The first-order chi connectivity index (χ1) is 11.6. The standard InChI is InChI=1S/C18H25N3O3/c1-13(12-21-8-4-3-5-9-21)19-17(22)11-15-14(2)24-18(20-15)16-7-6-10-23-16/h6-7,10,13H,3-5,8-9,11-12H2,1-2H3,(H,19,22)/t13-/m0/s1. The van der Waals surface area contributed by atoms with Crippen molar-refractivity contribution in [1.29, 1.82) is 0 Å². The number of furan rings is 1. The molecule has 0 spiro atoms. The van der Waals surface area contributed by atoms with Gasteiger partial charge >= 0.3 is 0 Å². The van der Waals surface area contributed by atoms with Crippen LogP contribution in [0.1, 0.15) is 37.6 Å². The van der Waals surface area contributed by atoms with E-state index in [4.69, 9.17) is 8.83 Å². The summed E-state index contributed by atoms with van der Waals surface area (Å²) in [5.41, 5.74) is 0.657. The van der Waals surface area contributed by atoms with Gasteiger partial charge in [-0.05, 0) is 51.9 Å². The van der Waals surface area contributed by atoms with Crippen LogP contribution in [0, 0.1) is 6.92 Å². The number of aromatic nitrogens is 1. The van der Waals surface area contributed by atoms with Crippen LogP contribution in [-0.4, -0.2) is 41.5 Å². The Bertz CT molecular complexity index is 657. The maximum absolute atomic E-state index is 12.3. The van der Waals surface area contributed by atoms with E-state index in [1.165, 1.54) is 19.3 Å². The van der Waals surface area contributed by atoms with Crippen molar-refractivity contribution >= 4 is 5.91 Å². The quantitative estimate of drug-likeness (QED) is 0.881. The Hall–Kier alpha value is -2.08. The minimum atomic E-state index is -0.0260. The van der Waals surface area contributed by atoms with Crippen molar-refractivity contribution in [2.24, 2.45) is 0 Å². The van der Waals surface area contributed by atoms with E-state index in [9.17, 15) is 4.79 Å². The number of aryl methyl sites for hydroxylation is 1. The van der Waals surface area contributed by atoms with Gasteiger partial charge in [0.1, 0.15) is 5.76 Å². The van der Waals surface area contributed by atoms with Crippen LogP contribution in [0.4, 0.5) is 0 Å². The second-order valence-electron chi connectivity index (χ2n) is 6.51. The van der Waals surface area contributed by atoms with E-state index in [0.717, 1.165) is 19.6 Å². The predicted octanol–water partition coefficient (Wildman–Crippen LogP) is 2.78. The summed E-state index contributed by atoms with van der Waals surface area (Å²) in [5.74, 6) is 1.62.